The highest BCUT2D eigenvalue weighted by atomic mass is 35.5. The second-order valence-electron chi connectivity index (χ2n) is 5.42. The lowest BCUT2D eigenvalue weighted by Gasteiger charge is -2.23. The molecule has 3 rings (SSSR count). The number of carbonyl (C=O) groups is 1. The van der Waals surface area contributed by atoms with Gasteiger partial charge in [0.2, 0.25) is 0 Å². The molecule has 102 valence electrons. The van der Waals surface area contributed by atoms with Gasteiger partial charge in [0.15, 0.2) is 0 Å². The van der Waals surface area contributed by atoms with E-state index in [0.717, 1.165) is 19.5 Å². The molecule has 0 aliphatic carbocycles. The minimum atomic E-state index is 0.0762. The van der Waals surface area contributed by atoms with Crippen LogP contribution in [0.4, 0.5) is 0 Å². The van der Waals surface area contributed by atoms with Gasteiger partial charge >= 0.3 is 0 Å². The van der Waals surface area contributed by atoms with E-state index in [4.69, 9.17) is 11.6 Å². The Morgan fingerprint density at radius 1 is 1.16 bits per heavy atom. The molecule has 4 heteroatoms. The Morgan fingerprint density at radius 2 is 1.89 bits per heavy atom. The van der Waals surface area contributed by atoms with Gasteiger partial charge in [0.05, 0.1) is 10.6 Å². The number of halogens is 1. The van der Waals surface area contributed by atoms with Crippen molar-refractivity contribution in [3.63, 3.8) is 0 Å². The molecule has 1 atom stereocenters. The van der Waals surface area contributed by atoms with Crippen molar-refractivity contribution in [3.05, 3.63) is 34.9 Å². The SMILES string of the molecule is O=C(c1ccccc1Cl)N1CCC(N2CCCC2)C1. The number of carbonyl (C=O) groups excluding carboxylic acids is 1. The van der Waals surface area contributed by atoms with Crippen LogP contribution in [0.3, 0.4) is 0 Å². The Labute approximate surface area is 119 Å². The average molecular weight is 279 g/mol. The molecule has 2 heterocycles. The predicted octanol–water partition coefficient (Wildman–Crippen LogP) is 2.65. The first-order valence-electron chi connectivity index (χ1n) is 7.03. The van der Waals surface area contributed by atoms with E-state index >= 15 is 0 Å². The molecule has 2 aliphatic rings. The molecule has 3 nitrogen and oxygen atoms in total. The number of hydrogen-bond donors (Lipinski definition) is 0. The molecule has 2 fully saturated rings. The van der Waals surface area contributed by atoms with E-state index in [-0.39, 0.29) is 5.91 Å². The number of hydrogen-bond acceptors (Lipinski definition) is 2. The molecular weight excluding hydrogens is 260 g/mol. The van der Waals surface area contributed by atoms with Crippen LogP contribution in [0.2, 0.25) is 5.02 Å². The van der Waals surface area contributed by atoms with Crippen LogP contribution in [0.15, 0.2) is 24.3 Å². The van der Waals surface area contributed by atoms with Crippen molar-refractivity contribution in [2.24, 2.45) is 0 Å². The van der Waals surface area contributed by atoms with Crippen molar-refractivity contribution >= 4 is 17.5 Å². The van der Waals surface area contributed by atoms with Gasteiger partial charge in [-0.1, -0.05) is 23.7 Å². The summed E-state index contributed by atoms with van der Waals surface area (Å²) in [7, 11) is 0. The van der Waals surface area contributed by atoms with Gasteiger partial charge in [-0.25, -0.2) is 0 Å². The fourth-order valence-electron chi connectivity index (χ4n) is 3.14. The first kappa shape index (κ1) is 12.9. The zero-order chi connectivity index (χ0) is 13.2. The van der Waals surface area contributed by atoms with Crippen LogP contribution in [0.5, 0.6) is 0 Å². The third-order valence-corrected chi connectivity index (χ3v) is 4.54. The van der Waals surface area contributed by atoms with Gasteiger partial charge in [-0.05, 0) is 44.5 Å². The lowest BCUT2D eigenvalue weighted by atomic mass is 10.2. The first-order valence-corrected chi connectivity index (χ1v) is 7.41. The van der Waals surface area contributed by atoms with Gasteiger partial charge in [0.1, 0.15) is 0 Å². The largest absolute Gasteiger partial charge is 0.337 e. The first-order chi connectivity index (χ1) is 9.25. The van der Waals surface area contributed by atoms with Crippen molar-refractivity contribution in [1.82, 2.24) is 9.80 Å². The third kappa shape index (κ3) is 2.63. The number of rotatable bonds is 2. The summed E-state index contributed by atoms with van der Waals surface area (Å²) in [6.45, 7) is 4.09. The van der Waals surface area contributed by atoms with E-state index in [1.54, 1.807) is 6.07 Å². The van der Waals surface area contributed by atoms with Crippen molar-refractivity contribution in [2.45, 2.75) is 25.3 Å². The minimum Gasteiger partial charge on any atom is -0.337 e. The average Bonchev–Trinajstić information content (AvgIpc) is 3.09. The second kappa shape index (κ2) is 5.51. The van der Waals surface area contributed by atoms with Crippen LogP contribution in [0.25, 0.3) is 0 Å². The van der Waals surface area contributed by atoms with Crippen LogP contribution in [-0.4, -0.2) is 47.9 Å². The summed E-state index contributed by atoms with van der Waals surface area (Å²) in [5.74, 6) is 0.0762. The summed E-state index contributed by atoms with van der Waals surface area (Å²) in [6, 6.07) is 7.87. The van der Waals surface area contributed by atoms with Crippen LogP contribution >= 0.6 is 11.6 Å². The second-order valence-corrected chi connectivity index (χ2v) is 5.82. The minimum absolute atomic E-state index is 0.0762. The summed E-state index contributed by atoms with van der Waals surface area (Å²) in [5, 5.41) is 0.553. The van der Waals surface area contributed by atoms with E-state index in [0.29, 0.717) is 16.6 Å². The normalized spacial score (nSPS) is 24.1. The molecule has 1 aromatic carbocycles. The van der Waals surface area contributed by atoms with Gasteiger partial charge in [0.25, 0.3) is 5.91 Å². The maximum absolute atomic E-state index is 12.5. The summed E-state index contributed by atoms with van der Waals surface area (Å²) >= 11 is 6.10. The quantitative estimate of drug-likeness (QED) is 0.830. The summed E-state index contributed by atoms with van der Waals surface area (Å²) in [6.07, 6.45) is 3.69. The number of nitrogens with zero attached hydrogens (tertiary/aromatic N) is 2. The fraction of sp³-hybridized carbons (Fsp3) is 0.533. The number of likely N-dealkylation sites (tertiary alicyclic amines) is 2. The monoisotopic (exact) mass is 278 g/mol. The van der Waals surface area contributed by atoms with Crippen molar-refractivity contribution < 1.29 is 4.79 Å². The third-order valence-electron chi connectivity index (χ3n) is 4.21. The summed E-state index contributed by atoms with van der Waals surface area (Å²) < 4.78 is 0. The highest BCUT2D eigenvalue weighted by Gasteiger charge is 2.32. The van der Waals surface area contributed by atoms with E-state index in [9.17, 15) is 4.79 Å². The van der Waals surface area contributed by atoms with E-state index in [1.807, 2.05) is 23.1 Å². The maximum atomic E-state index is 12.5. The standard InChI is InChI=1S/C15H19ClN2O/c16-14-6-2-1-5-13(14)15(19)18-10-7-12(11-18)17-8-3-4-9-17/h1-2,5-6,12H,3-4,7-11H2. The molecule has 0 bridgehead atoms. The molecule has 1 aromatic rings. The van der Waals surface area contributed by atoms with Crippen molar-refractivity contribution in [2.75, 3.05) is 26.2 Å². The Kier molecular flexibility index (Phi) is 3.76. The van der Waals surface area contributed by atoms with Crippen LogP contribution < -0.4 is 0 Å². The van der Waals surface area contributed by atoms with Crippen molar-refractivity contribution in [3.8, 4) is 0 Å². The highest BCUT2D eigenvalue weighted by Crippen LogP contribution is 2.24. The Hall–Kier alpha value is -1.06. The van der Waals surface area contributed by atoms with Gasteiger partial charge in [0, 0.05) is 19.1 Å². The number of amides is 1. The predicted molar refractivity (Wildman–Crippen MR) is 76.6 cm³/mol. The molecule has 0 N–H and O–H groups in total. The zero-order valence-electron chi connectivity index (χ0n) is 11.0. The lowest BCUT2D eigenvalue weighted by molar-refractivity contribution is 0.0780. The van der Waals surface area contributed by atoms with E-state index in [1.165, 1.54) is 25.9 Å². The lowest BCUT2D eigenvalue weighted by Crippen LogP contribution is -2.37. The maximum Gasteiger partial charge on any atom is 0.255 e. The molecule has 19 heavy (non-hydrogen) atoms. The number of benzene rings is 1. The molecule has 2 aliphatic heterocycles. The zero-order valence-corrected chi connectivity index (χ0v) is 11.8. The summed E-state index contributed by atoms with van der Waals surface area (Å²) in [4.78, 5) is 16.9. The van der Waals surface area contributed by atoms with Gasteiger partial charge in [-0.15, -0.1) is 0 Å². The molecule has 0 aromatic heterocycles. The highest BCUT2D eigenvalue weighted by molar-refractivity contribution is 6.33. The molecule has 0 saturated carbocycles. The van der Waals surface area contributed by atoms with E-state index in [2.05, 4.69) is 4.90 Å². The molecule has 0 spiro atoms. The molecule has 1 amide bonds. The molecular formula is C15H19ClN2O. The Morgan fingerprint density at radius 3 is 2.63 bits per heavy atom. The Bertz CT molecular complexity index is 471. The van der Waals surface area contributed by atoms with Gasteiger partial charge < -0.3 is 4.90 Å². The van der Waals surface area contributed by atoms with Gasteiger partial charge in [-0.2, -0.15) is 0 Å². The molecule has 0 radical (unpaired) electrons. The van der Waals surface area contributed by atoms with Crippen LogP contribution in [0, 0.1) is 0 Å². The summed E-state index contributed by atoms with van der Waals surface area (Å²) in [5.41, 5.74) is 0.631. The molecule has 1 unspecified atom stereocenters. The fourth-order valence-corrected chi connectivity index (χ4v) is 3.35. The topological polar surface area (TPSA) is 23.6 Å². The van der Waals surface area contributed by atoms with Crippen LogP contribution in [-0.2, 0) is 0 Å². The smallest absolute Gasteiger partial charge is 0.255 e. The van der Waals surface area contributed by atoms with Gasteiger partial charge in [-0.3, -0.25) is 9.69 Å². The Balaban J connectivity index is 1.67. The molecule has 2 saturated heterocycles. The van der Waals surface area contributed by atoms with Crippen molar-refractivity contribution in [1.29, 1.82) is 0 Å². The van der Waals surface area contributed by atoms with Crippen LogP contribution in [0.1, 0.15) is 29.6 Å². The van der Waals surface area contributed by atoms with E-state index < -0.39 is 0 Å².